The van der Waals surface area contributed by atoms with Crippen molar-refractivity contribution in [3.63, 3.8) is 0 Å². The van der Waals surface area contributed by atoms with Crippen molar-refractivity contribution < 1.29 is 23.9 Å². The summed E-state index contributed by atoms with van der Waals surface area (Å²) in [5.74, 6) is -0.880. The Morgan fingerprint density at radius 2 is 2.11 bits per heavy atom. The monoisotopic (exact) mass is 294 g/mol. The Kier molecular flexibility index (Phi) is 4.50. The summed E-state index contributed by atoms with van der Waals surface area (Å²) in [5, 5.41) is -0.229. The average molecular weight is 294 g/mol. The third kappa shape index (κ3) is 2.89. The Morgan fingerprint density at radius 3 is 2.44 bits per heavy atom. The van der Waals surface area contributed by atoms with E-state index in [1.54, 1.807) is 13.8 Å². The highest BCUT2D eigenvalue weighted by Crippen LogP contribution is 2.55. The molecular formula is C9H15N2O5PS. The standard InChI is InChI=1S/C9H15N2O5PS/c1-3-9(4-2,17(13,14)15)16-7(12)6-5-18-8(10)11-6/h5H,3-4H2,1-2H3,(H2,10,11)(H2,13,14,15). The van der Waals surface area contributed by atoms with E-state index in [1.165, 1.54) is 5.38 Å². The highest BCUT2D eigenvalue weighted by atomic mass is 32.1. The Labute approximate surface area is 108 Å². The molecular weight excluding hydrogens is 279 g/mol. The van der Waals surface area contributed by atoms with Crippen LogP contribution in [0.4, 0.5) is 5.13 Å². The number of ether oxygens (including phenoxy) is 1. The maximum atomic E-state index is 11.8. The molecule has 1 aromatic rings. The fourth-order valence-corrected chi connectivity index (χ4v) is 3.03. The van der Waals surface area contributed by atoms with E-state index in [4.69, 9.17) is 10.5 Å². The van der Waals surface area contributed by atoms with Gasteiger partial charge in [-0.2, -0.15) is 0 Å². The van der Waals surface area contributed by atoms with Crippen LogP contribution in [0.1, 0.15) is 37.2 Å². The number of hydrogen-bond acceptors (Lipinski definition) is 6. The van der Waals surface area contributed by atoms with Crippen molar-refractivity contribution in [2.45, 2.75) is 32.0 Å². The second-order valence-corrected chi connectivity index (χ2v) is 6.45. The summed E-state index contributed by atoms with van der Waals surface area (Å²) in [6.07, 6.45) is 0.0261. The molecule has 7 nitrogen and oxygen atoms in total. The minimum Gasteiger partial charge on any atom is -0.441 e. The summed E-state index contributed by atoms with van der Waals surface area (Å²) in [6, 6.07) is 0. The first-order valence-electron chi connectivity index (χ1n) is 5.25. The fraction of sp³-hybridized carbons (Fsp3) is 0.556. The van der Waals surface area contributed by atoms with Crippen molar-refractivity contribution in [3.8, 4) is 0 Å². The average Bonchev–Trinajstić information content (AvgIpc) is 2.71. The maximum Gasteiger partial charge on any atom is 0.368 e. The van der Waals surface area contributed by atoms with E-state index in [2.05, 4.69) is 4.98 Å². The summed E-state index contributed by atoms with van der Waals surface area (Å²) in [5.41, 5.74) is 5.33. The number of nitrogens with zero attached hydrogens (tertiary/aromatic N) is 1. The topological polar surface area (TPSA) is 123 Å². The van der Waals surface area contributed by atoms with E-state index >= 15 is 0 Å². The molecule has 9 heteroatoms. The molecule has 0 saturated carbocycles. The molecule has 0 aliphatic rings. The van der Waals surface area contributed by atoms with E-state index in [0.29, 0.717) is 0 Å². The molecule has 1 rings (SSSR count). The molecule has 0 saturated heterocycles. The zero-order chi connectivity index (χ0) is 14.0. The highest BCUT2D eigenvalue weighted by Gasteiger charge is 2.48. The molecule has 0 aliphatic heterocycles. The van der Waals surface area contributed by atoms with Crippen molar-refractivity contribution in [1.82, 2.24) is 4.98 Å². The quantitative estimate of drug-likeness (QED) is 0.556. The second kappa shape index (κ2) is 5.36. The van der Waals surface area contributed by atoms with Gasteiger partial charge >= 0.3 is 13.6 Å². The number of thiazole rings is 1. The third-order valence-electron chi connectivity index (χ3n) is 2.65. The SMILES string of the molecule is CCC(CC)(OC(=O)c1csc(N)n1)P(=O)(O)O. The van der Waals surface area contributed by atoms with Gasteiger partial charge in [0.15, 0.2) is 10.8 Å². The third-order valence-corrected chi connectivity index (χ3v) is 5.11. The first kappa shape index (κ1) is 15.1. The molecule has 0 radical (unpaired) electrons. The van der Waals surface area contributed by atoms with Gasteiger partial charge in [-0.1, -0.05) is 13.8 Å². The van der Waals surface area contributed by atoms with Crippen molar-refractivity contribution in [1.29, 1.82) is 0 Å². The first-order valence-corrected chi connectivity index (χ1v) is 7.75. The smallest absolute Gasteiger partial charge is 0.368 e. The second-order valence-electron chi connectivity index (χ2n) is 3.66. The molecule has 0 atom stereocenters. The number of nitrogens with two attached hydrogens (primary N) is 1. The predicted octanol–water partition coefficient (Wildman–Crippen LogP) is 1.58. The molecule has 18 heavy (non-hydrogen) atoms. The Balaban J connectivity index is 2.99. The largest absolute Gasteiger partial charge is 0.441 e. The van der Waals surface area contributed by atoms with Gasteiger partial charge in [0.1, 0.15) is 0 Å². The number of hydrogen-bond donors (Lipinski definition) is 3. The Bertz CT molecular complexity index is 479. The van der Waals surface area contributed by atoms with Gasteiger partial charge in [0.2, 0.25) is 5.34 Å². The van der Waals surface area contributed by atoms with Crippen molar-refractivity contribution in [2.24, 2.45) is 0 Å². The lowest BCUT2D eigenvalue weighted by Gasteiger charge is -2.31. The fourth-order valence-electron chi connectivity index (χ4n) is 1.47. The maximum absolute atomic E-state index is 11.8. The normalized spacial score (nSPS) is 12.4. The minimum absolute atomic E-state index is 0.0130. The van der Waals surface area contributed by atoms with Crippen LogP contribution in [0.15, 0.2) is 5.38 Å². The molecule has 0 aromatic carbocycles. The molecule has 0 fully saturated rings. The summed E-state index contributed by atoms with van der Waals surface area (Å²) in [6.45, 7) is 3.09. The zero-order valence-corrected chi connectivity index (χ0v) is 11.7. The molecule has 1 heterocycles. The van der Waals surface area contributed by atoms with Crippen molar-refractivity contribution in [2.75, 3.05) is 5.73 Å². The highest BCUT2D eigenvalue weighted by molar-refractivity contribution is 7.53. The number of carbonyl (C=O) groups is 1. The van der Waals surface area contributed by atoms with E-state index in [9.17, 15) is 19.1 Å². The number of carbonyl (C=O) groups excluding carboxylic acids is 1. The van der Waals surface area contributed by atoms with Gasteiger partial charge in [0, 0.05) is 5.38 Å². The number of anilines is 1. The molecule has 1 aromatic heterocycles. The van der Waals surface area contributed by atoms with Gasteiger partial charge in [-0.3, -0.25) is 4.57 Å². The number of esters is 1. The molecule has 0 aliphatic carbocycles. The number of aromatic nitrogens is 1. The first-order chi connectivity index (χ1) is 8.25. The summed E-state index contributed by atoms with van der Waals surface area (Å²) >= 11 is 1.05. The lowest BCUT2D eigenvalue weighted by atomic mass is 10.2. The molecule has 0 bridgehead atoms. The Morgan fingerprint density at radius 1 is 1.56 bits per heavy atom. The number of nitrogen functional groups attached to an aromatic ring is 1. The summed E-state index contributed by atoms with van der Waals surface area (Å²) in [7, 11) is -4.57. The lowest BCUT2D eigenvalue weighted by Crippen LogP contribution is -2.34. The van der Waals surface area contributed by atoms with Crippen molar-refractivity contribution >= 4 is 30.0 Å². The van der Waals surface area contributed by atoms with Crippen LogP contribution in [0.5, 0.6) is 0 Å². The van der Waals surface area contributed by atoms with Crippen LogP contribution in [0.3, 0.4) is 0 Å². The summed E-state index contributed by atoms with van der Waals surface area (Å²) in [4.78, 5) is 34.1. The van der Waals surface area contributed by atoms with E-state index in [0.717, 1.165) is 11.3 Å². The van der Waals surface area contributed by atoms with Gasteiger partial charge < -0.3 is 20.3 Å². The molecule has 4 N–H and O–H groups in total. The summed E-state index contributed by atoms with van der Waals surface area (Å²) < 4.78 is 16.4. The Hall–Kier alpha value is -0.950. The minimum atomic E-state index is -4.57. The van der Waals surface area contributed by atoms with Crippen LogP contribution in [0, 0.1) is 0 Å². The predicted molar refractivity (Wildman–Crippen MR) is 67.3 cm³/mol. The van der Waals surface area contributed by atoms with Gasteiger partial charge in [-0.15, -0.1) is 11.3 Å². The van der Waals surface area contributed by atoms with Gasteiger partial charge in [-0.25, -0.2) is 9.78 Å². The molecule has 0 unspecified atom stereocenters. The van der Waals surface area contributed by atoms with Crippen LogP contribution >= 0.6 is 18.9 Å². The van der Waals surface area contributed by atoms with Gasteiger partial charge in [0.05, 0.1) is 0 Å². The van der Waals surface area contributed by atoms with Crippen LogP contribution in [0.25, 0.3) is 0 Å². The van der Waals surface area contributed by atoms with E-state index < -0.39 is 18.9 Å². The molecule has 0 spiro atoms. The van der Waals surface area contributed by atoms with Gasteiger partial charge in [0.25, 0.3) is 0 Å². The molecule has 102 valence electrons. The molecule has 0 amide bonds. The van der Waals surface area contributed by atoms with E-state index in [1.807, 2.05) is 0 Å². The van der Waals surface area contributed by atoms with Crippen LogP contribution < -0.4 is 5.73 Å². The van der Waals surface area contributed by atoms with E-state index in [-0.39, 0.29) is 23.7 Å². The lowest BCUT2D eigenvalue weighted by molar-refractivity contribution is 0.00342. The van der Waals surface area contributed by atoms with Crippen LogP contribution in [-0.4, -0.2) is 26.1 Å². The van der Waals surface area contributed by atoms with Crippen LogP contribution in [0.2, 0.25) is 0 Å². The van der Waals surface area contributed by atoms with Crippen molar-refractivity contribution in [3.05, 3.63) is 11.1 Å². The zero-order valence-electron chi connectivity index (χ0n) is 9.99. The number of rotatable bonds is 5. The van der Waals surface area contributed by atoms with Crippen LogP contribution in [-0.2, 0) is 9.30 Å². The van der Waals surface area contributed by atoms with Gasteiger partial charge in [-0.05, 0) is 12.8 Å².